The van der Waals surface area contributed by atoms with Crippen LogP contribution >= 0.6 is 0 Å². The largest absolute Gasteiger partial charge is 0.391 e. The van der Waals surface area contributed by atoms with Gasteiger partial charge in [0.1, 0.15) is 18.1 Å². The van der Waals surface area contributed by atoms with E-state index in [4.69, 9.17) is 28.7 Å². The highest BCUT2D eigenvalue weighted by Crippen LogP contribution is 2.26. The van der Waals surface area contributed by atoms with Crippen molar-refractivity contribution in [2.45, 2.75) is 75.2 Å². The third-order valence-electron chi connectivity index (χ3n) is 6.74. The number of nitrogens with two attached hydrogens (primary N) is 5. The molecule has 2 heterocycles. The van der Waals surface area contributed by atoms with Crippen molar-refractivity contribution in [2.75, 3.05) is 32.7 Å². The van der Waals surface area contributed by atoms with Gasteiger partial charge in [-0.2, -0.15) is 0 Å². The number of aliphatic hydroxyl groups excluding tert-OH is 1. The van der Waals surface area contributed by atoms with Crippen LogP contribution in [0.4, 0.5) is 0 Å². The molecule has 5 amide bonds. The summed E-state index contributed by atoms with van der Waals surface area (Å²) in [5.74, 6) is -2.88. The molecule has 2 fully saturated rings. The molecule has 0 bridgehead atoms. The Kier molecular flexibility index (Phi) is 12.3. The molecule has 2 aliphatic heterocycles. The number of nitrogens with zero attached hydrogens (tertiary/aromatic N) is 3. The van der Waals surface area contributed by atoms with E-state index in [1.54, 1.807) is 0 Å². The van der Waals surface area contributed by atoms with Crippen LogP contribution in [0, 0.1) is 0 Å². The predicted molar refractivity (Wildman–Crippen MR) is 141 cm³/mol. The van der Waals surface area contributed by atoms with E-state index in [1.165, 1.54) is 9.80 Å². The van der Waals surface area contributed by atoms with Crippen molar-refractivity contribution in [2.24, 2.45) is 33.7 Å². The predicted octanol–water partition coefficient (Wildman–Crippen LogP) is -4.85. The molecule has 0 spiro atoms. The van der Waals surface area contributed by atoms with Crippen LogP contribution < -0.4 is 39.3 Å². The minimum absolute atomic E-state index is 0.00669. The van der Waals surface area contributed by atoms with Crippen LogP contribution in [0.1, 0.15) is 44.9 Å². The molecule has 0 aliphatic carbocycles. The third-order valence-corrected chi connectivity index (χ3v) is 6.74. The molecule has 220 valence electrons. The average Bonchev–Trinajstić information content (AvgIpc) is 3.53. The van der Waals surface area contributed by atoms with Crippen molar-refractivity contribution in [3.63, 3.8) is 0 Å². The van der Waals surface area contributed by atoms with Gasteiger partial charge in [0.15, 0.2) is 5.96 Å². The van der Waals surface area contributed by atoms with Gasteiger partial charge >= 0.3 is 0 Å². The second-order valence-corrected chi connectivity index (χ2v) is 9.82. The summed E-state index contributed by atoms with van der Waals surface area (Å²) >= 11 is 0. The molecular formula is C23H42N10O6. The summed E-state index contributed by atoms with van der Waals surface area (Å²) in [6, 6.07) is -3.72. The monoisotopic (exact) mass is 554 g/mol. The first kappa shape index (κ1) is 31.7. The second kappa shape index (κ2) is 15.2. The first-order valence-corrected chi connectivity index (χ1v) is 13.1. The molecule has 39 heavy (non-hydrogen) atoms. The highest BCUT2D eigenvalue weighted by molar-refractivity contribution is 5.96. The zero-order valence-corrected chi connectivity index (χ0v) is 22.1. The van der Waals surface area contributed by atoms with E-state index in [1.807, 2.05) is 0 Å². The number of hydrogen-bond acceptors (Lipinski definition) is 9. The Bertz CT molecular complexity index is 927. The zero-order chi connectivity index (χ0) is 29.1. The van der Waals surface area contributed by atoms with Gasteiger partial charge in [-0.05, 0) is 45.1 Å². The number of nitrogens with one attached hydrogen (secondary N) is 2. The van der Waals surface area contributed by atoms with Crippen molar-refractivity contribution < 1.29 is 29.1 Å². The molecule has 2 saturated heterocycles. The first-order valence-electron chi connectivity index (χ1n) is 13.1. The summed E-state index contributed by atoms with van der Waals surface area (Å²) < 4.78 is 0. The minimum Gasteiger partial charge on any atom is -0.391 e. The molecule has 2 rings (SSSR count). The number of aliphatic hydroxyl groups is 1. The Morgan fingerprint density at radius 2 is 1.74 bits per heavy atom. The maximum Gasteiger partial charge on any atom is 0.246 e. The van der Waals surface area contributed by atoms with Crippen LogP contribution in [-0.2, 0) is 24.0 Å². The number of aliphatic imine (C=N–C) groups is 1. The summed E-state index contributed by atoms with van der Waals surface area (Å²) in [6.07, 6.45) is 1.41. The van der Waals surface area contributed by atoms with Crippen molar-refractivity contribution in [3.05, 3.63) is 0 Å². The molecule has 0 aromatic heterocycles. The van der Waals surface area contributed by atoms with Gasteiger partial charge in [0, 0.05) is 26.1 Å². The van der Waals surface area contributed by atoms with Crippen LogP contribution in [0.15, 0.2) is 4.99 Å². The molecule has 5 atom stereocenters. The number of β-amino-alcohol motifs (C(OH)–C–C–N with tert-alkyl or cyclic N) is 1. The number of guanidine groups is 1. The molecule has 16 nitrogen and oxygen atoms in total. The van der Waals surface area contributed by atoms with Gasteiger partial charge in [0.25, 0.3) is 0 Å². The number of carbonyl (C=O) groups excluding carboxylic acids is 5. The van der Waals surface area contributed by atoms with E-state index >= 15 is 0 Å². The van der Waals surface area contributed by atoms with Gasteiger partial charge in [0.05, 0.1) is 18.7 Å². The lowest BCUT2D eigenvalue weighted by Gasteiger charge is -2.33. The average molecular weight is 555 g/mol. The quantitative estimate of drug-likeness (QED) is 0.0575. The summed E-state index contributed by atoms with van der Waals surface area (Å²) in [5.41, 5.74) is 27.3. The topological polar surface area (TPSA) is 279 Å². The number of rotatable bonds is 14. The standard InChI is InChI=1S/C23H42N10O6/c24-7-1-5-15(31-19(36)14(25)4-2-8-29-23(27)28)21(38)32-9-3-6-16(32)22(39)33-12-13(34)10-17(33)20(37)30-11-18(26)35/h13-17,34H,1-12,24-25H2,(H2,26,35)(H,30,37)(H,31,36)(H4,27,28,29)/t13-,14-,15?,16?,17?/m1/s1. The maximum absolute atomic E-state index is 13.6. The zero-order valence-electron chi connectivity index (χ0n) is 22.1. The summed E-state index contributed by atoms with van der Waals surface area (Å²) in [4.78, 5) is 69.9. The van der Waals surface area contributed by atoms with Gasteiger partial charge in [-0.3, -0.25) is 29.0 Å². The third kappa shape index (κ3) is 9.33. The number of likely N-dealkylation sites (tertiary alicyclic amines) is 2. The second-order valence-electron chi connectivity index (χ2n) is 9.82. The lowest BCUT2D eigenvalue weighted by atomic mass is 10.1. The first-order chi connectivity index (χ1) is 18.5. The minimum atomic E-state index is -1.01. The molecule has 2 aliphatic rings. The number of carbonyl (C=O) groups is 5. The van der Waals surface area contributed by atoms with Crippen molar-refractivity contribution in [1.29, 1.82) is 0 Å². The van der Waals surface area contributed by atoms with Crippen LogP contribution in [0.25, 0.3) is 0 Å². The van der Waals surface area contributed by atoms with E-state index in [9.17, 15) is 29.1 Å². The Labute approximate surface area is 227 Å². The van der Waals surface area contributed by atoms with E-state index < -0.39 is 66.4 Å². The van der Waals surface area contributed by atoms with Gasteiger partial charge in [-0.1, -0.05) is 0 Å². The Morgan fingerprint density at radius 1 is 1.03 bits per heavy atom. The summed E-state index contributed by atoms with van der Waals surface area (Å²) in [7, 11) is 0. The van der Waals surface area contributed by atoms with Gasteiger partial charge < -0.3 is 54.2 Å². The van der Waals surface area contributed by atoms with Gasteiger partial charge in [-0.25, -0.2) is 0 Å². The molecule has 13 N–H and O–H groups in total. The SMILES string of the molecule is NCCCC(NC(=O)[C@H](N)CCCN=C(N)N)C(=O)N1CCCC1C(=O)N1C[C@H](O)CC1C(=O)NCC(N)=O. The fraction of sp³-hybridized carbons (Fsp3) is 0.739. The van der Waals surface area contributed by atoms with Crippen molar-refractivity contribution >= 4 is 35.5 Å². The highest BCUT2D eigenvalue weighted by atomic mass is 16.3. The fourth-order valence-electron chi connectivity index (χ4n) is 4.79. The lowest BCUT2D eigenvalue weighted by molar-refractivity contribution is -0.148. The fourth-order valence-corrected chi connectivity index (χ4v) is 4.79. The van der Waals surface area contributed by atoms with E-state index in [0.29, 0.717) is 45.2 Å². The normalized spacial score (nSPS) is 22.2. The summed E-state index contributed by atoms with van der Waals surface area (Å²) in [5, 5.41) is 15.2. The Hall–Kier alpha value is -3.50. The van der Waals surface area contributed by atoms with E-state index in [2.05, 4.69) is 15.6 Å². The maximum atomic E-state index is 13.6. The molecule has 0 radical (unpaired) electrons. The number of primary amides is 1. The van der Waals surface area contributed by atoms with E-state index in [0.717, 1.165) is 0 Å². The van der Waals surface area contributed by atoms with Crippen LogP contribution in [0.3, 0.4) is 0 Å². The van der Waals surface area contributed by atoms with Crippen LogP contribution in [0.5, 0.6) is 0 Å². The van der Waals surface area contributed by atoms with Crippen molar-refractivity contribution in [3.8, 4) is 0 Å². The number of hydrogen-bond donors (Lipinski definition) is 8. The van der Waals surface area contributed by atoms with Crippen molar-refractivity contribution in [1.82, 2.24) is 20.4 Å². The molecule has 0 aromatic rings. The highest BCUT2D eigenvalue weighted by Gasteiger charge is 2.45. The van der Waals surface area contributed by atoms with E-state index in [-0.39, 0.29) is 31.9 Å². The van der Waals surface area contributed by atoms with Crippen LogP contribution in [0.2, 0.25) is 0 Å². The Morgan fingerprint density at radius 3 is 2.38 bits per heavy atom. The van der Waals surface area contributed by atoms with Gasteiger partial charge in [0.2, 0.25) is 29.5 Å². The summed E-state index contributed by atoms with van der Waals surface area (Å²) in [6.45, 7) is 0.391. The lowest BCUT2D eigenvalue weighted by Crippen LogP contribution is -2.57. The molecule has 3 unspecified atom stereocenters. The number of amides is 5. The molecular weight excluding hydrogens is 512 g/mol. The molecule has 0 saturated carbocycles. The Balaban J connectivity index is 2.10. The molecule has 16 heteroatoms. The smallest absolute Gasteiger partial charge is 0.246 e. The van der Waals surface area contributed by atoms with Gasteiger partial charge in [-0.15, -0.1) is 0 Å². The van der Waals surface area contributed by atoms with Crippen LogP contribution in [-0.4, -0.2) is 113 Å². The molecule has 0 aromatic carbocycles.